The van der Waals surface area contributed by atoms with E-state index >= 15 is 0 Å². The topological polar surface area (TPSA) is 68.8 Å². The van der Waals surface area contributed by atoms with Crippen LogP contribution in [0.15, 0.2) is 18.2 Å². The lowest BCUT2D eigenvalue weighted by molar-refractivity contribution is 0.0161. The Balaban J connectivity index is 1.91. The number of rotatable bonds is 6. The lowest BCUT2D eigenvalue weighted by atomic mass is 10.0. The number of carbonyl (C=O) groups is 1. The number of benzene rings is 1. The number of nitrogens with one attached hydrogen (secondary N) is 2. The van der Waals surface area contributed by atoms with E-state index in [0.717, 1.165) is 17.9 Å². The van der Waals surface area contributed by atoms with Crippen LogP contribution in [0.25, 0.3) is 0 Å². The molecule has 2 amide bonds. The zero-order valence-corrected chi connectivity index (χ0v) is 13.9. The fraction of sp³-hybridized carbons (Fsp3) is 0.533. The van der Waals surface area contributed by atoms with Crippen molar-refractivity contribution in [2.45, 2.75) is 12.0 Å². The molecule has 1 aromatic rings. The Hall–Kier alpha value is -1.60. The summed E-state index contributed by atoms with van der Waals surface area (Å²) < 4.78 is 15.9. The van der Waals surface area contributed by atoms with Gasteiger partial charge in [-0.05, 0) is 24.3 Å². The van der Waals surface area contributed by atoms with Gasteiger partial charge in [0.1, 0.15) is 0 Å². The SMILES string of the molecule is COc1ccc(NC(=O)NCC2(OC)CCSC2)cc1OC. The average Bonchev–Trinajstić information content (AvgIpc) is 3.02. The highest BCUT2D eigenvalue weighted by molar-refractivity contribution is 7.99. The van der Waals surface area contributed by atoms with E-state index in [4.69, 9.17) is 14.2 Å². The molecular formula is C15H22N2O4S. The van der Waals surface area contributed by atoms with Gasteiger partial charge in [-0.25, -0.2) is 4.79 Å². The van der Waals surface area contributed by atoms with E-state index in [0.29, 0.717) is 23.7 Å². The quantitative estimate of drug-likeness (QED) is 0.840. The van der Waals surface area contributed by atoms with Gasteiger partial charge in [0.2, 0.25) is 0 Å². The van der Waals surface area contributed by atoms with Crippen molar-refractivity contribution in [1.29, 1.82) is 0 Å². The number of methoxy groups -OCH3 is 3. The summed E-state index contributed by atoms with van der Waals surface area (Å²) in [7, 11) is 4.82. The maximum absolute atomic E-state index is 12.0. The van der Waals surface area contributed by atoms with E-state index in [2.05, 4.69) is 10.6 Å². The molecule has 0 aromatic heterocycles. The van der Waals surface area contributed by atoms with Crippen molar-refractivity contribution in [3.05, 3.63) is 18.2 Å². The van der Waals surface area contributed by atoms with Crippen LogP contribution < -0.4 is 20.1 Å². The molecule has 2 N–H and O–H groups in total. The van der Waals surface area contributed by atoms with E-state index < -0.39 is 0 Å². The molecule has 0 aliphatic carbocycles. The van der Waals surface area contributed by atoms with Gasteiger partial charge in [0.15, 0.2) is 11.5 Å². The van der Waals surface area contributed by atoms with Gasteiger partial charge in [0.25, 0.3) is 0 Å². The molecule has 1 aliphatic heterocycles. The van der Waals surface area contributed by atoms with Gasteiger partial charge in [0.05, 0.1) is 19.8 Å². The summed E-state index contributed by atoms with van der Waals surface area (Å²) in [5.74, 6) is 3.16. The summed E-state index contributed by atoms with van der Waals surface area (Å²) >= 11 is 1.84. The lowest BCUT2D eigenvalue weighted by Crippen LogP contribution is -2.45. The summed E-state index contributed by atoms with van der Waals surface area (Å²) in [6, 6.07) is 4.97. The summed E-state index contributed by atoms with van der Waals surface area (Å²) in [6.07, 6.45) is 0.949. The normalized spacial score (nSPS) is 20.5. The average molecular weight is 326 g/mol. The Morgan fingerprint density at radius 3 is 2.64 bits per heavy atom. The monoisotopic (exact) mass is 326 g/mol. The van der Waals surface area contributed by atoms with E-state index in [9.17, 15) is 4.79 Å². The zero-order valence-electron chi connectivity index (χ0n) is 13.1. The minimum atomic E-state index is -0.263. The van der Waals surface area contributed by atoms with E-state index in [1.165, 1.54) is 0 Å². The molecule has 22 heavy (non-hydrogen) atoms. The molecule has 1 aromatic carbocycles. The second-order valence-corrected chi connectivity index (χ2v) is 6.17. The number of ether oxygens (including phenoxy) is 3. The molecule has 2 rings (SSSR count). The lowest BCUT2D eigenvalue weighted by Gasteiger charge is -2.26. The minimum absolute atomic E-state index is 0.250. The molecule has 0 saturated carbocycles. The molecule has 1 fully saturated rings. The first-order valence-corrected chi connectivity index (χ1v) is 8.18. The fourth-order valence-electron chi connectivity index (χ4n) is 2.29. The van der Waals surface area contributed by atoms with Gasteiger partial charge in [0, 0.05) is 31.2 Å². The highest BCUT2D eigenvalue weighted by Crippen LogP contribution is 2.31. The number of thioether (sulfide) groups is 1. The first-order valence-electron chi connectivity index (χ1n) is 7.02. The van der Waals surface area contributed by atoms with Gasteiger partial charge in [-0.3, -0.25) is 0 Å². The molecule has 1 aliphatic rings. The predicted octanol–water partition coefficient (Wildman–Crippen LogP) is 2.35. The van der Waals surface area contributed by atoms with Crippen LogP contribution in [-0.4, -0.2) is 51.0 Å². The molecule has 1 atom stereocenters. The molecule has 1 heterocycles. The fourth-order valence-corrected chi connectivity index (χ4v) is 3.69. The standard InChI is InChI=1S/C15H22N2O4S/c1-19-12-5-4-11(8-13(12)20-2)17-14(18)16-9-15(21-3)6-7-22-10-15/h4-5,8H,6-7,9-10H2,1-3H3,(H2,16,17,18). The van der Waals surface area contributed by atoms with Crippen LogP contribution in [0.3, 0.4) is 0 Å². The molecule has 7 heteroatoms. The first kappa shape index (κ1) is 16.8. The molecule has 0 bridgehead atoms. The van der Waals surface area contributed by atoms with Crippen molar-refractivity contribution < 1.29 is 19.0 Å². The van der Waals surface area contributed by atoms with Gasteiger partial charge < -0.3 is 24.8 Å². The number of carbonyl (C=O) groups excluding carboxylic acids is 1. The van der Waals surface area contributed by atoms with Crippen LogP contribution in [0, 0.1) is 0 Å². The van der Waals surface area contributed by atoms with Gasteiger partial charge >= 0.3 is 6.03 Å². The summed E-state index contributed by atoms with van der Waals surface area (Å²) in [4.78, 5) is 12.0. The van der Waals surface area contributed by atoms with Gasteiger partial charge in [-0.1, -0.05) is 0 Å². The number of hydrogen-bond acceptors (Lipinski definition) is 5. The third-order valence-corrected chi connectivity index (χ3v) is 4.94. The molecule has 0 spiro atoms. The molecule has 1 unspecified atom stereocenters. The van der Waals surface area contributed by atoms with Crippen LogP contribution in [0.4, 0.5) is 10.5 Å². The smallest absolute Gasteiger partial charge is 0.319 e. The highest BCUT2D eigenvalue weighted by atomic mass is 32.2. The number of anilines is 1. The number of amides is 2. The van der Waals surface area contributed by atoms with Gasteiger partial charge in [-0.15, -0.1) is 0 Å². The van der Waals surface area contributed by atoms with Crippen LogP contribution in [0.1, 0.15) is 6.42 Å². The Bertz CT molecular complexity index is 518. The highest BCUT2D eigenvalue weighted by Gasteiger charge is 2.34. The van der Waals surface area contributed by atoms with Crippen molar-refractivity contribution in [2.24, 2.45) is 0 Å². The van der Waals surface area contributed by atoms with Crippen molar-refractivity contribution >= 4 is 23.5 Å². The summed E-state index contributed by atoms with van der Waals surface area (Å²) in [5.41, 5.74) is 0.391. The van der Waals surface area contributed by atoms with Crippen LogP contribution in [0.5, 0.6) is 11.5 Å². The summed E-state index contributed by atoms with van der Waals surface area (Å²) in [5, 5.41) is 5.66. The minimum Gasteiger partial charge on any atom is -0.493 e. The largest absolute Gasteiger partial charge is 0.493 e. The summed E-state index contributed by atoms with van der Waals surface area (Å²) in [6.45, 7) is 0.496. The number of hydrogen-bond donors (Lipinski definition) is 2. The van der Waals surface area contributed by atoms with E-state index in [-0.39, 0.29) is 11.6 Å². The maximum Gasteiger partial charge on any atom is 0.319 e. The van der Waals surface area contributed by atoms with Crippen molar-refractivity contribution in [3.63, 3.8) is 0 Å². The molecule has 1 saturated heterocycles. The molecular weight excluding hydrogens is 304 g/mol. The predicted molar refractivity (Wildman–Crippen MR) is 88.2 cm³/mol. The maximum atomic E-state index is 12.0. The number of urea groups is 1. The first-order chi connectivity index (χ1) is 10.6. The van der Waals surface area contributed by atoms with Crippen LogP contribution in [0.2, 0.25) is 0 Å². The Morgan fingerprint density at radius 2 is 2.05 bits per heavy atom. The zero-order chi connectivity index (χ0) is 16.0. The van der Waals surface area contributed by atoms with Crippen LogP contribution >= 0.6 is 11.8 Å². The van der Waals surface area contributed by atoms with Crippen molar-refractivity contribution in [3.8, 4) is 11.5 Å². The Morgan fingerprint density at radius 1 is 1.27 bits per heavy atom. The Labute approximate surface area is 134 Å². The van der Waals surface area contributed by atoms with Gasteiger partial charge in [-0.2, -0.15) is 11.8 Å². The van der Waals surface area contributed by atoms with E-state index in [1.807, 2.05) is 11.8 Å². The van der Waals surface area contributed by atoms with Crippen molar-refractivity contribution in [2.75, 3.05) is 44.7 Å². The molecule has 122 valence electrons. The third-order valence-electron chi connectivity index (χ3n) is 3.71. The second-order valence-electron chi connectivity index (χ2n) is 5.07. The Kier molecular flexibility index (Phi) is 5.79. The third kappa shape index (κ3) is 3.98. The molecule has 0 radical (unpaired) electrons. The van der Waals surface area contributed by atoms with E-state index in [1.54, 1.807) is 39.5 Å². The van der Waals surface area contributed by atoms with Crippen molar-refractivity contribution in [1.82, 2.24) is 5.32 Å². The second kappa shape index (κ2) is 7.60. The van der Waals surface area contributed by atoms with Crippen LogP contribution in [-0.2, 0) is 4.74 Å². The molecule has 6 nitrogen and oxygen atoms in total.